The fraction of sp³-hybridized carbons (Fsp3) is 0.429. The predicted octanol–water partition coefficient (Wildman–Crippen LogP) is 1.87. The van der Waals surface area contributed by atoms with Gasteiger partial charge in [0.2, 0.25) is 0 Å². The maximum absolute atomic E-state index is 12.5. The SMILES string of the molecule is CC1(O)CCN(C(=O)c2sc3cccnc3c2N)CC1. The minimum atomic E-state index is -0.663. The number of fused-ring (bicyclic) bond motifs is 1. The number of nitrogen functional groups attached to an aromatic ring is 1. The number of carbonyl (C=O) groups excluding carboxylic acids is 1. The first-order valence-corrected chi connectivity index (χ1v) is 7.44. The summed E-state index contributed by atoms with van der Waals surface area (Å²) in [6.07, 6.45) is 2.88. The van der Waals surface area contributed by atoms with Crippen molar-refractivity contribution in [2.75, 3.05) is 18.8 Å². The largest absolute Gasteiger partial charge is 0.396 e. The number of hydrogen-bond acceptors (Lipinski definition) is 5. The van der Waals surface area contributed by atoms with Crippen molar-refractivity contribution in [3.63, 3.8) is 0 Å². The predicted molar refractivity (Wildman–Crippen MR) is 79.8 cm³/mol. The zero-order valence-electron chi connectivity index (χ0n) is 11.3. The lowest BCUT2D eigenvalue weighted by Crippen LogP contribution is -2.45. The minimum absolute atomic E-state index is 0.0546. The van der Waals surface area contributed by atoms with Crippen molar-refractivity contribution in [3.05, 3.63) is 23.2 Å². The second-order valence-corrected chi connectivity index (χ2v) is 6.54. The van der Waals surface area contributed by atoms with Crippen LogP contribution in [0.25, 0.3) is 10.2 Å². The Kier molecular flexibility index (Phi) is 3.14. The molecule has 1 aliphatic heterocycles. The first kappa shape index (κ1) is 13.3. The van der Waals surface area contributed by atoms with Crippen LogP contribution in [0.3, 0.4) is 0 Å². The van der Waals surface area contributed by atoms with Crippen LogP contribution >= 0.6 is 11.3 Å². The summed E-state index contributed by atoms with van der Waals surface area (Å²) in [7, 11) is 0. The molecule has 1 saturated heterocycles. The van der Waals surface area contributed by atoms with E-state index in [9.17, 15) is 9.90 Å². The lowest BCUT2D eigenvalue weighted by Gasteiger charge is -2.35. The summed E-state index contributed by atoms with van der Waals surface area (Å²) in [4.78, 5) is 19.1. The van der Waals surface area contributed by atoms with Crippen LogP contribution < -0.4 is 5.73 Å². The molecule has 0 aromatic carbocycles. The van der Waals surface area contributed by atoms with Gasteiger partial charge in [-0.05, 0) is 31.9 Å². The Hall–Kier alpha value is -1.66. The van der Waals surface area contributed by atoms with Crippen molar-refractivity contribution >= 4 is 33.1 Å². The van der Waals surface area contributed by atoms with E-state index < -0.39 is 5.60 Å². The number of amides is 1. The summed E-state index contributed by atoms with van der Waals surface area (Å²) in [5.74, 6) is -0.0546. The van der Waals surface area contributed by atoms with E-state index in [-0.39, 0.29) is 5.91 Å². The molecule has 2 aromatic heterocycles. The van der Waals surface area contributed by atoms with Crippen LogP contribution in [0.5, 0.6) is 0 Å². The van der Waals surface area contributed by atoms with Gasteiger partial charge >= 0.3 is 0 Å². The number of nitrogens with two attached hydrogens (primary N) is 1. The molecule has 2 aromatic rings. The number of rotatable bonds is 1. The lowest BCUT2D eigenvalue weighted by molar-refractivity contribution is -0.00184. The number of piperidine rings is 1. The standard InChI is InChI=1S/C14H17N3O2S/c1-14(19)4-7-17(8-5-14)13(18)12-10(15)11-9(20-12)3-2-6-16-11/h2-3,6,19H,4-5,7-8,15H2,1H3. The summed E-state index contributed by atoms with van der Waals surface area (Å²) >= 11 is 1.38. The van der Waals surface area contributed by atoms with Crippen LogP contribution in [0.2, 0.25) is 0 Å². The smallest absolute Gasteiger partial charge is 0.266 e. The zero-order valence-corrected chi connectivity index (χ0v) is 12.1. The highest BCUT2D eigenvalue weighted by molar-refractivity contribution is 7.21. The van der Waals surface area contributed by atoms with Gasteiger partial charge in [0.15, 0.2) is 0 Å². The van der Waals surface area contributed by atoms with E-state index in [1.54, 1.807) is 11.1 Å². The Balaban J connectivity index is 1.88. The molecule has 1 fully saturated rings. The number of anilines is 1. The molecule has 5 nitrogen and oxygen atoms in total. The first-order chi connectivity index (χ1) is 9.48. The van der Waals surface area contributed by atoms with E-state index in [1.807, 2.05) is 19.1 Å². The van der Waals surface area contributed by atoms with Crippen LogP contribution in [0.15, 0.2) is 18.3 Å². The van der Waals surface area contributed by atoms with E-state index in [1.165, 1.54) is 11.3 Å². The maximum Gasteiger partial charge on any atom is 0.266 e. The molecule has 3 N–H and O–H groups in total. The molecular formula is C14H17N3O2S. The number of pyridine rings is 1. The van der Waals surface area contributed by atoms with Gasteiger partial charge in [0.1, 0.15) is 10.4 Å². The highest BCUT2D eigenvalue weighted by Gasteiger charge is 2.31. The van der Waals surface area contributed by atoms with Crippen molar-refractivity contribution in [2.24, 2.45) is 0 Å². The number of nitrogens with zero attached hydrogens (tertiary/aromatic N) is 2. The Bertz CT molecular complexity index is 655. The summed E-state index contributed by atoms with van der Waals surface area (Å²) in [6.45, 7) is 2.94. The summed E-state index contributed by atoms with van der Waals surface area (Å²) in [5, 5.41) is 9.94. The van der Waals surface area contributed by atoms with Gasteiger partial charge in [-0.2, -0.15) is 0 Å². The second-order valence-electron chi connectivity index (χ2n) is 5.48. The third-order valence-electron chi connectivity index (χ3n) is 3.80. The van der Waals surface area contributed by atoms with Crippen LogP contribution in [0, 0.1) is 0 Å². The summed E-state index contributed by atoms with van der Waals surface area (Å²) in [5.41, 5.74) is 6.55. The number of thiophene rings is 1. The topological polar surface area (TPSA) is 79.5 Å². The Labute approximate surface area is 121 Å². The molecule has 0 saturated carbocycles. The van der Waals surface area contributed by atoms with Crippen molar-refractivity contribution in [3.8, 4) is 0 Å². The van der Waals surface area contributed by atoms with Gasteiger partial charge in [-0.15, -0.1) is 11.3 Å². The van der Waals surface area contributed by atoms with Crippen LogP contribution in [-0.4, -0.2) is 39.6 Å². The van der Waals surface area contributed by atoms with Gasteiger partial charge in [-0.3, -0.25) is 9.78 Å². The zero-order chi connectivity index (χ0) is 14.3. The highest BCUT2D eigenvalue weighted by Crippen LogP contribution is 2.33. The molecule has 0 bridgehead atoms. The Morgan fingerprint density at radius 1 is 1.50 bits per heavy atom. The van der Waals surface area contributed by atoms with Crippen molar-refractivity contribution in [2.45, 2.75) is 25.4 Å². The van der Waals surface area contributed by atoms with E-state index in [0.717, 1.165) is 4.70 Å². The minimum Gasteiger partial charge on any atom is -0.396 e. The molecule has 20 heavy (non-hydrogen) atoms. The molecule has 1 aliphatic rings. The number of hydrogen-bond donors (Lipinski definition) is 2. The maximum atomic E-state index is 12.5. The van der Waals surface area contributed by atoms with Crippen LogP contribution in [0.1, 0.15) is 29.4 Å². The first-order valence-electron chi connectivity index (χ1n) is 6.62. The second kappa shape index (κ2) is 4.71. The molecule has 0 aliphatic carbocycles. The fourth-order valence-corrected chi connectivity index (χ4v) is 3.49. The average Bonchev–Trinajstić information content (AvgIpc) is 2.76. The molecule has 6 heteroatoms. The van der Waals surface area contributed by atoms with Crippen LogP contribution in [-0.2, 0) is 0 Å². The monoisotopic (exact) mass is 291 g/mol. The molecule has 1 amide bonds. The van der Waals surface area contributed by atoms with Crippen molar-refractivity contribution in [1.29, 1.82) is 0 Å². The molecule has 3 heterocycles. The number of likely N-dealkylation sites (tertiary alicyclic amines) is 1. The van der Waals surface area contributed by atoms with Gasteiger partial charge in [0, 0.05) is 19.3 Å². The van der Waals surface area contributed by atoms with Gasteiger partial charge in [0.05, 0.1) is 16.0 Å². The van der Waals surface area contributed by atoms with E-state index in [2.05, 4.69) is 4.98 Å². The van der Waals surface area contributed by atoms with E-state index in [0.29, 0.717) is 42.0 Å². The number of aromatic nitrogens is 1. The molecule has 0 radical (unpaired) electrons. The molecule has 0 atom stereocenters. The van der Waals surface area contributed by atoms with Gasteiger partial charge < -0.3 is 15.7 Å². The Morgan fingerprint density at radius 3 is 2.85 bits per heavy atom. The van der Waals surface area contributed by atoms with Gasteiger partial charge in [0.25, 0.3) is 5.91 Å². The van der Waals surface area contributed by atoms with Gasteiger partial charge in [-0.25, -0.2) is 0 Å². The van der Waals surface area contributed by atoms with Crippen LogP contribution in [0.4, 0.5) is 5.69 Å². The van der Waals surface area contributed by atoms with Crippen molar-refractivity contribution in [1.82, 2.24) is 9.88 Å². The van der Waals surface area contributed by atoms with Crippen molar-refractivity contribution < 1.29 is 9.90 Å². The Morgan fingerprint density at radius 2 is 2.20 bits per heavy atom. The summed E-state index contributed by atoms with van der Waals surface area (Å²) < 4.78 is 0.928. The fourth-order valence-electron chi connectivity index (χ4n) is 2.44. The third-order valence-corrected chi connectivity index (χ3v) is 4.95. The molecule has 106 valence electrons. The van der Waals surface area contributed by atoms with E-state index >= 15 is 0 Å². The number of aliphatic hydroxyl groups is 1. The molecular weight excluding hydrogens is 274 g/mol. The quantitative estimate of drug-likeness (QED) is 0.840. The van der Waals surface area contributed by atoms with E-state index in [4.69, 9.17) is 5.73 Å². The lowest BCUT2D eigenvalue weighted by atomic mass is 9.94. The average molecular weight is 291 g/mol. The summed E-state index contributed by atoms with van der Waals surface area (Å²) in [6, 6.07) is 3.76. The number of carbonyl (C=O) groups is 1. The highest BCUT2D eigenvalue weighted by atomic mass is 32.1. The normalized spacial score (nSPS) is 18.4. The third kappa shape index (κ3) is 2.25. The molecule has 0 spiro atoms. The molecule has 3 rings (SSSR count). The van der Waals surface area contributed by atoms with Gasteiger partial charge in [-0.1, -0.05) is 0 Å². The molecule has 0 unspecified atom stereocenters.